The quantitative estimate of drug-likeness (QED) is 0.0868. The van der Waals surface area contributed by atoms with Gasteiger partial charge in [-0.2, -0.15) is 0 Å². The molecule has 0 heterocycles. The monoisotopic (exact) mass is 486 g/mol. The third-order valence-electron chi connectivity index (χ3n) is 6.02. The Labute approximate surface area is 204 Å². The highest BCUT2D eigenvalue weighted by Crippen LogP contribution is 2.23. The van der Waals surface area contributed by atoms with E-state index in [2.05, 4.69) is 39.7 Å². The molecule has 0 N–H and O–H groups in total. The Kier molecular flexibility index (Phi) is 19.1. The zero-order valence-corrected chi connectivity index (χ0v) is 25.0. The first-order chi connectivity index (χ1) is 15.1. The van der Waals surface area contributed by atoms with Gasteiger partial charge in [-0.3, -0.25) is 4.79 Å². The molecule has 0 rings (SSSR count). The molecule has 0 radical (unpaired) electrons. The van der Waals surface area contributed by atoms with Crippen molar-refractivity contribution in [3.05, 3.63) is 0 Å². The summed E-state index contributed by atoms with van der Waals surface area (Å²) in [6.45, 7) is 16.0. The van der Waals surface area contributed by atoms with Gasteiger partial charge >= 0.3 is 5.97 Å². The zero-order chi connectivity index (χ0) is 24.3. The number of carbonyl (C=O) groups is 1. The van der Waals surface area contributed by atoms with Crippen molar-refractivity contribution in [3.63, 3.8) is 0 Å². The second-order valence-electron chi connectivity index (χ2n) is 11.6. The van der Waals surface area contributed by atoms with Gasteiger partial charge in [-0.25, -0.2) is 0 Å². The lowest BCUT2D eigenvalue weighted by Crippen LogP contribution is -2.44. The van der Waals surface area contributed by atoms with Gasteiger partial charge in [0.1, 0.15) is 0 Å². The third-order valence-corrected chi connectivity index (χ3v) is 12.3. The molecule has 5 heteroatoms. The molecule has 1 atom stereocenters. The minimum atomic E-state index is -1.80. The normalized spacial score (nSPS) is 13.3. The molecule has 0 saturated heterocycles. The van der Waals surface area contributed by atoms with Gasteiger partial charge in [0.25, 0.3) is 0 Å². The van der Waals surface area contributed by atoms with E-state index >= 15 is 0 Å². The molecule has 3 nitrogen and oxygen atoms in total. The van der Waals surface area contributed by atoms with Crippen molar-refractivity contribution >= 4 is 22.6 Å². The van der Waals surface area contributed by atoms with Crippen molar-refractivity contribution in [2.75, 3.05) is 6.61 Å². The van der Waals surface area contributed by atoms with Gasteiger partial charge in [0.15, 0.2) is 16.6 Å². The second-order valence-corrected chi connectivity index (χ2v) is 20.5. The van der Waals surface area contributed by atoms with Crippen molar-refractivity contribution < 1.29 is 13.6 Å². The van der Waals surface area contributed by atoms with Crippen LogP contribution in [0.15, 0.2) is 0 Å². The molecule has 0 aromatic carbocycles. The largest absolute Gasteiger partial charge is 0.465 e. The molecule has 0 bridgehead atoms. The Morgan fingerprint density at radius 1 is 0.656 bits per heavy atom. The van der Waals surface area contributed by atoms with Crippen LogP contribution in [0, 0.1) is 5.92 Å². The summed E-state index contributed by atoms with van der Waals surface area (Å²) in [6, 6.07) is 0.856. The van der Waals surface area contributed by atoms with E-state index < -0.39 is 16.6 Å². The van der Waals surface area contributed by atoms with Crippen LogP contribution in [0.2, 0.25) is 38.8 Å². The van der Waals surface area contributed by atoms with Gasteiger partial charge in [-0.05, 0) is 45.2 Å². The van der Waals surface area contributed by atoms with Gasteiger partial charge in [0.2, 0.25) is 0 Å². The molecular formula is C27H58O3Si2. The Morgan fingerprint density at radius 3 is 1.41 bits per heavy atom. The molecule has 0 aliphatic heterocycles. The van der Waals surface area contributed by atoms with Crippen LogP contribution in [0.4, 0.5) is 0 Å². The Morgan fingerprint density at radius 2 is 1.03 bits per heavy atom. The number of unbranched alkanes of at least 4 members (excludes halogenated alkanes) is 15. The second kappa shape index (κ2) is 19.2. The highest BCUT2D eigenvalue weighted by atomic mass is 28.4. The van der Waals surface area contributed by atoms with Crippen molar-refractivity contribution in [2.24, 2.45) is 5.92 Å². The van der Waals surface area contributed by atoms with Crippen LogP contribution in [-0.2, 0) is 13.6 Å². The minimum Gasteiger partial charge on any atom is -0.465 e. The predicted molar refractivity (Wildman–Crippen MR) is 146 cm³/mol. The summed E-state index contributed by atoms with van der Waals surface area (Å²) >= 11 is 0. The lowest BCUT2D eigenvalue weighted by molar-refractivity contribution is -0.147. The summed E-state index contributed by atoms with van der Waals surface area (Å²) in [5.41, 5.74) is 0. The molecule has 0 aliphatic carbocycles. The van der Waals surface area contributed by atoms with Crippen LogP contribution in [0.25, 0.3) is 0 Å². The first-order valence-corrected chi connectivity index (χ1v) is 20.5. The molecule has 32 heavy (non-hydrogen) atoms. The zero-order valence-electron chi connectivity index (χ0n) is 23.0. The fourth-order valence-corrected chi connectivity index (χ4v) is 13.3. The van der Waals surface area contributed by atoms with Crippen LogP contribution < -0.4 is 0 Å². The smallest absolute Gasteiger partial charge is 0.308 e. The summed E-state index contributed by atoms with van der Waals surface area (Å²) in [5.74, 6) is -0.0835. The summed E-state index contributed by atoms with van der Waals surface area (Å²) in [5, 5.41) is 0. The standard InChI is InChI=1S/C27H58O3Si2/c1-8-9-10-11-12-13-14-15-16-17-18-19-20-21-22-23-24-29-27(28)26(2)25-32(6,7)30-31(3,4)5/h26H,8-25H2,1-7H3. The maximum Gasteiger partial charge on any atom is 0.308 e. The molecule has 0 amide bonds. The van der Waals surface area contributed by atoms with E-state index in [-0.39, 0.29) is 11.9 Å². The highest BCUT2D eigenvalue weighted by molar-refractivity contribution is 6.84. The molecule has 0 fully saturated rings. The summed E-state index contributed by atoms with van der Waals surface area (Å²) < 4.78 is 11.9. The Bertz CT molecular complexity index is 447. The van der Waals surface area contributed by atoms with Crippen molar-refractivity contribution in [3.8, 4) is 0 Å². The SMILES string of the molecule is CCCCCCCCCCCCCCCCCCOC(=O)C(C)C[Si](C)(C)O[Si](C)(C)C. The van der Waals surface area contributed by atoms with Crippen molar-refractivity contribution in [1.82, 2.24) is 0 Å². The predicted octanol–water partition coefficient (Wildman–Crippen LogP) is 9.48. The van der Waals surface area contributed by atoms with E-state index in [0.717, 1.165) is 12.5 Å². The van der Waals surface area contributed by atoms with Crippen LogP contribution in [0.3, 0.4) is 0 Å². The van der Waals surface area contributed by atoms with Gasteiger partial charge in [0.05, 0.1) is 12.5 Å². The molecule has 0 aromatic heterocycles. The lowest BCUT2D eigenvalue weighted by atomic mass is 10.0. The maximum atomic E-state index is 12.3. The molecule has 192 valence electrons. The summed E-state index contributed by atoms with van der Waals surface area (Å²) in [6.07, 6.45) is 21.8. The lowest BCUT2D eigenvalue weighted by Gasteiger charge is -2.32. The van der Waals surface area contributed by atoms with E-state index in [1.807, 2.05) is 6.92 Å². The van der Waals surface area contributed by atoms with Gasteiger partial charge in [-0.1, -0.05) is 110 Å². The number of hydrogen-bond donors (Lipinski definition) is 0. The molecule has 0 aromatic rings. The van der Waals surface area contributed by atoms with Crippen molar-refractivity contribution in [2.45, 2.75) is 155 Å². The van der Waals surface area contributed by atoms with Crippen molar-refractivity contribution in [1.29, 1.82) is 0 Å². The van der Waals surface area contributed by atoms with Crippen LogP contribution in [0.1, 0.15) is 117 Å². The fourth-order valence-electron chi connectivity index (χ4n) is 4.66. The number of hydrogen-bond acceptors (Lipinski definition) is 3. The number of carbonyl (C=O) groups excluding carboxylic acids is 1. The van der Waals surface area contributed by atoms with E-state index in [1.54, 1.807) is 0 Å². The van der Waals surface area contributed by atoms with E-state index in [4.69, 9.17) is 8.85 Å². The first kappa shape index (κ1) is 31.9. The molecular weight excluding hydrogens is 428 g/mol. The average molecular weight is 487 g/mol. The Balaban J connectivity index is 3.48. The van der Waals surface area contributed by atoms with Gasteiger partial charge < -0.3 is 8.85 Å². The molecule has 0 spiro atoms. The summed E-state index contributed by atoms with van der Waals surface area (Å²) in [7, 11) is -3.35. The molecule has 1 unspecified atom stereocenters. The van der Waals surface area contributed by atoms with Gasteiger partial charge in [0, 0.05) is 0 Å². The summed E-state index contributed by atoms with van der Waals surface area (Å²) in [4.78, 5) is 12.3. The number of esters is 1. The average Bonchev–Trinajstić information content (AvgIpc) is 2.67. The topological polar surface area (TPSA) is 35.5 Å². The van der Waals surface area contributed by atoms with Crippen LogP contribution >= 0.6 is 0 Å². The van der Waals surface area contributed by atoms with Crippen LogP contribution in [-0.4, -0.2) is 29.2 Å². The first-order valence-electron chi connectivity index (χ1n) is 13.9. The fraction of sp³-hybridized carbons (Fsp3) is 0.963. The Hall–Kier alpha value is -0.136. The van der Waals surface area contributed by atoms with Gasteiger partial charge in [-0.15, -0.1) is 0 Å². The highest BCUT2D eigenvalue weighted by Gasteiger charge is 2.33. The minimum absolute atomic E-state index is 0.0364. The van der Waals surface area contributed by atoms with E-state index in [9.17, 15) is 4.79 Å². The molecule has 0 saturated carbocycles. The number of rotatable bonds is 22. The third kappa shape index (κ3) is 21.7. The number of ether oxygens (including phenoxy) is 1. The maximum absolute atomic E-state index is 12.3. The van der Waals surface area contributed by atoms with E-state index in [0.29, 0.717) is 6.61 Å². The molecule has 0 aliphatic rings. The van der Waals surface area contributed by atoms with E-state index in [1.165, 1.54) is 96.3 Å². The van der Waals surface area contributed by atoms with Crippen LogP contribution in [0.5, 0.6) is 0 Å².